The lowest BCUT2D eigenvalue weighted by atomic mass is 9.90. The minimum absolute atomic E-state index is 1.13. The second kappa shape index (κ2) is 7.40. The molecule has 0 aliphatic heterocycles. The Bertz CT molecular complexity index is 849. The number of benzene rings is 2. The topological polar surface area (TPSA) is 12.0 Å². The third-order valence-electron chi connectivity index (χ3n) is 4.84. The first kappa shape index (κ1) is 15.7. The summed E-state index contributed by atoms with van der Waals surface area (Å²) in [5, 5.41) is 3.63. The molecule has 0 spiro atoms. The van der Waals surface area contributed by atoms with E-state index in [1.54, 1.807) is 0 Å². The van der Waals surface area contributed by atoms with Crippen molar-refractivity contribution in [1.82, 2.24) is 0 Å². The van der Waals surface area contributed by atoms with Gasteiger partial charge in [-0.05, 0) is 66.2 Å². The monoisotopic (exact) mass is 325 g/mol. The molecular formula is C24H23N. The molecule has 2 aliphatic rings. The first-order valence-electron chi connectivity index (χ1n) is 9.08. The first-order chi connectivity index (χ1) is 12.4. The van der Waals surface area contributed by atoms with Crippen molar-refractivity contribution in [3.63, 3.8) is 0 Å². The van der Waals surface area contributed by atoms with E-state index in [2.05, 4.69) is 90.3 Å². The van der Waals surface area contributed by atoms with Gasteiger partial charge in [0.15, 0.2) is 0 Å². The molecular weight excluding hydrogens is 302 g/mol. The van der Waals surface area contributed by atoms with Gasteiger partial charge in [0, 0.05) is 11.4 Å². The third-order valence-corrected chi connectivity index (χ3v) is 4.84. The van der Waals surface area contributed by atoms with Crippen molar-refractivity contribution in [2.24, 2.45) is 0 Å². The molecule has 124 valence electrons. The molecule has 2 aliphatic carbocycles. The maximum atomic E-state index is 3.63. The molecule has 0 amide bonds. The van der Waals surface area contributed by atoms with Crippen LogP contribution in [0.3, 0.4) is 0 Å². The van der Waals surface area contributed by atoms with E-state index in [-0.39, 0.29) is 0 Å². The molecule has 0 saturated carbocycles. The highest BCUT2D eigenvalue weighted by molar-refractivity contribution is 5.67. The minimum atomic E-state index is 1.13. The average Bonchev–Trinajstić information content (AvgIpc) is 2.70. The van der Waals surface area contributed by atoms with E-state index in [0.29, 0.717) is 0 Å². The summed E-state index contributed by atoms with van der Waals surface area (Å²) in [5.74, 6) is 0. The standard InChI is InChI=1S/C24H23N/c1-3-9-19(10-4-1)20-15-17-22(18-16-20)25-24-14-8-7-13-23(24)21-11-5-2-6-12-21/h1-5,8-11,14-18,25H,6-7,12-13H2. The summed E-state index contributed by atoms with van der Waals surface area (Å²) in [6.07, 6.45) is 15.8. The Morgan fingerprint density at radius 1 is 0.720 bits per heavy atom. The predicted molar refractivity (Wildman–Crippen MR) is 107 cm³/mol. The molecule has 25 heavy (non-hydrogen) atoms. The van der Waals surface area contributed by atoms with Crippen LogP contribution < -0.4 is 5.32 Å². The predicted octanol–water partition coefficient (Wildman–Crippen LogP) is 6.65. The number of hydrogen-bond acceptors (Lipinski definition) is 1. The summed E-state index contributed by atoms with van der Waals surface area (Å²) < 4.78 is 0. The van der Waals surface area contributed by atoms with E-state index in [4.69, 9.17) is 0 Å². The molecule has 0 fully saturated rings. The lowest BCUT2D eigenvalue weighted by Gasteiger charge is -2.21. The second-order valence-electron chi connectivity index (χ2n) is 6.56. The largest absolute Gasteiger partial charge is 0.355 e. The van der Waals surface area contributed by atoms with Gasteiger partial charge in [0.25, 0.3) is 0 Å². The first-order valence-corrected chi connectivity index (χ1v) is 9.08. The van der Waals surface area contributed by atoms with Gasteiger partial charge in [-0.25, -0.2) is 0 Å². The van der Waals surface area contributed by atoms with Crippen LogP contribution in [0.5, 0.6) is 0 Å². The molecule has 1 N–H and O–H groups in total. The van der Waals surface area contributed by atoms with E-state index < -0.39 is 0 Å². The van der Waals surface area contributed by atoms with Crippen molar-refractivity contribution in [1.29, 1.82) is 0 Å². The van der Waals surface area contributed by atoms with E-state index in [0.717, 1.165) is 31.4 Å². The Morgan fingerprint density at radius 3 is 2.24 bits per heavy atom. The summed E-state index contributed by atoms with van der Waals surface area (Å²) in [6, 6.07) is 19.2. The van der Waals surface area contributed by atoms with Gasteiger partial charge in [-0.1, -0.05) is 66.8 Å². The second-order valence-corrected chi connectivity index (χ2v) is 6.56. The van der Waals surface area contributed by atoms with Crippen LogP contribution in [0.15, 0.2) is 102 Å². The number of rotatable bonds is 4. The van der Waals surface area contributed by atoms with Crippen molar-refractivity contribution in [2.45, 2.75) is 25.7 Å². The Balaban J connectivity index is 1.58. The van der Waals surface area contributed by atoms with Crippen molar-refractivity contribution >= 4 is 5.69 Å². The van der Waals surface area contributed by atoms with E-state index in [9.17, 15) is 0 Å². The van der Waals surface area contributed by atoms with Crippen LogP contribution in [-0.4, -0.2) is 0 Å². The maximum Gasteiger partial charge on any atom is 0.0416 e. The van der Waals surface area contributed by atoms with Gasteiger partial charge < -0.3 is 5.32 Å². The maximum absolute atomic E-state index is 3.63. The van der Waals surface area contributed by atoms with Crippen LogP contribution in [0.2, 0.25) is 0 Å². The Kier molecular flexibility index (Phi) is 4.65. The van der Waals surface area contributed by atoms with Gasteiger partial charge in [-0.15, -0.1) is 0 Å². The minimum Gasteiger partial charge on any atom is -0.355 e. The molecule has 1 heteroatoms. The Morgan fingerprint density at radius 2 is 1.48 bits per heavy atom. The molecule has 0 heterocycles. The van der Waals surface area contributed by atoms with Crippen molar-refractivity contribution in [3.8, 4) is 11.1 Å². The molecule has 0 radical (unpaired) electrons. The van der Waals surface area contributed by atoms with Crippen molar-refractivity contribution in [3.05, 3.63) is 102 Å². The third kappa shape index (κ3) is 3.66. The number of hydrogen-bond donors (Lipinski definition) is 1. The van der Waals surface area contributed by atoms with Gasteiger partial charge in [-0.3, -0.25) is 0 Å². The van der Waals surface area contributed by atoms with Crippen LogP contribution in [0.1, 0.15) is 25.7 Å². The SMILES string of the molecule is C1=CCCC(C2=C(Nc3ccc(-c4ccccc4)cc3)C=CCC2)=C1. The zero-order valence-electron chi connectivity index (χ0n) is 14.4. The molecule has 1 nitrogen and oxygen atoms in total. The zero-order valence-corrected chi connectivity index (χ0v) is 14.4. The molecule has 4 rings (SSSR count). The van der Waals surface area contributed by atoms with Crippen LogP contribution >= 0.6 is 0 Å². The fraction of sp³-hybridized carbons (Fsp3) is 0.167. The van der Waals surface area contributed by atoms with Crippen LogP contribution in [0.25, 0.3) is 11.1 Å². The van der Waals surface area contributed by atoms with Crippen LogP contribution in [0, 0.1) is 0 Å². The number of nitrogens with one attached hydrogen (secondary N) is 1. The van der Waals surface area contributed by atoms with Gasteiger partial charge in [0.2, 0.25) is 0 Å². The highest BCUT2D eigenvalue weighted by Crippen LogP contribution is 2.31. The van der Waals surface area contributed by atoms with Crippen LogP contribution in [0.4, 0.5) is 5.69 Å². The fourth-order valence-corrected chi connectivity index (χ4v) is 3.50. The molecule has 2 aromatic rings. The van der Waals surface area contributed by atoms with E-state index in [1.807, 2.05) is 0 Å². The van der Waals surface area contributed by atoms with Gasteiger partial charge in [0.05, 0.1) is 0 Å². The van der Waals surface area contributed by atoms with E-state index in [1.165, 1.54) is 28.0 Å². The van der Waals surface area contributed by atoms with Crippen LogP contribution in [-0.2, 0) is 0 Å². The Hall–Kier alpha value is -2.80. The highest BCUT2D eigenvalue weighted by atomic mass is 14.9. The van der Waals surface area contributed by atoms with Gasteiger partial charge in [-0.2, -0.15) is 0 Å². The lowest BCUT2D eigenvalue weighted by Crippen LogP contribution is -2.07. The average molecular weight is 325 g/mol. The molecule has 0 saturated heterocycles. The fourth-order valence-electron chi connectivity index (χ4n) is 3.50. The Labute approximate surface area is 150 Å². The molecule has 0 atom stereocenters. The van der Waals surface area contributed by atoms with E-state index >= 15 is 0 Å². The molecule has 0 aromatic heterocycles. The van der Waals surface area contributed by atoms with Gasteiger partial charge in [0.1, 0.15) is 0 Å². The van der Waals surface area contributed by atoms with Crippen molar-refractivity contribution < 1.29 is 0 Å². The van der Waals surface area contributed by atoms with Crippen molar-refractivity contribution in [2.75, 3.05) is 5.32 Å². The summed E-state index contributed by atoms with van der Waals surface area (Å²) in [7, 11) is 0. The highest BCUT2D eigenvalue weighted by Gasteiger charge is 2.14. The number of anilines is 1. The number of allylic oxidation sites excluding steroid dienone is 7. The summed E-state index contributed by atoms with van der Waals surface area (Å²) in [5.41, 5.74) is 7.85. The quantitative estimate of drug-likeness (QED) is 0.664. The summed E-state index contributed by atoms with van der Waals surface area (Å²) in [6.45, 7) is 0. The summed E-state index contributed by atoms with van der Waals surface area (Å²) in [4.78, 5) is 0. The molecule has 0 unspecified atom stereocenters. The van der Waals surface area contributed by atoms with Gasteiger partial charge >= 0.3 is 0 Å². The zero-order chi connectivity index (χ0) is 16.9. The summed E-state index contributed by atoms with van der Waals surface area (Å²) >= 11 is 0. The molecule has 2 aromatic carbocycles. The lowest BCUT2D eigenvalue weighted by molar-refractivity contribution is 0.885. The normalized spacial score (nSPS) is 16.7. The molecule has 0 bridgehead atoms. The smallest absolute Gasteiger partial charge is 0.0416 e.